The molecule has 2 nitrogen and oxygen atoms in total. The van der Waals surface area contributed by atoms with Crippen molar-refractivity contribution in [2.75, 3.05) is 0 Å². The van der Waals surface area contributed by atoms with Gasteiger partial charge in [-0.3, -0.25) is 0 Å². The summed E-state index contributed by atoms with van der Waals surface area (Å²) in [6.07, 6.45) is 4.05. The number of unbranched alkanes of at least 4 members (excludes halogenated alkanes) is 2. The summed E-state index contributed by atoms with van der Waals surface area (Å²) in [5.41, 5.74) is 10.6. The third-order valence-corrected chi connectivity index (χ3v) is 1.04. The van der Waals surface area contributed by atoms with Gasteiger partial charge in [0.15, 0.2) is 0 Å². The van der Waals surface area contributed by atoms with Crippen molar-refractivity contribution in [2.24, 2.45) is 11.5 Å². The van der Waals surface area contributed by atoms with Gasteiger partial charge in [-0.15, -0.1) is 0 Å². The Morgan fingerprint density at radius 2 is 1.88 bits per heavy atom. The summed E-state index contributed by atoms with van der Waals surface area (Å²) in [6, 6.07) is 0. The van der Waals surface area contributed by atoms with Gasteiger partial charge in [0.1, 0.15) is 0 Å². The molecule has 0 rings (SSSR count). The van der Waals surface area contributed by atoms with E-state index < -0.39 is 0 Å². The van der Waals surface area contributed by atoms with E-state index >= 15 is 0 Å². The highest BCUT2D eigenvalue weighted by atomic mass is 14.8. The topological polar surface area (TPSA) is 52.0 Å². The zero-order chi connectivity index (χ0) is 6.41. The van der Waals surface area contributed by atoms with Crippen molar-refractivity contribution in [1.29, 1.82) is 0 Å². The van der Waals surface area contributed by atoms with E-state index in [9.17, 15) is 0 Å². The molecule has 2 heteroatoms. The Hall–Kier alpha value is -0.0800. The van der Waals surface area contributed by atoms with Crippen molar-refractivity contribution >= 4 is 0 Å². The molecule has 0 aromatic rings. The fourth-order valence-electron chi connectivity index (χ4n) is 0.557. The summed E-state index contributed by atoms with van der Waals surface area (Å²) in [5.74, 6) is 0. The lowest BCUT2D eigenvalue weighted by Crippen LogP contribution is -2.29. The van der Waals surface area contributed by atoms with Gasteiger partial charge < -0.3 is 11.5 Å². The predicted octanol–water partition coefficient (Wildman–Crippen LogP) is 0.624. The van der Waals surface area contributed by atoms with Gasteiger partial charge in [-0.25, -0.2) is 0 Å². The predicted molar refractivity (Wildman–Crippen MR) is 36.0 cm³/mol. The van der Waals surface area contributed by atoms with Crippen LogP contribution in [0.15, 0.2) is 0 Å². The minimum absolute atomic E-state index is 0.124. The molecule has 0 aromatic carbocycles. The van der Waals surface area contributed by atoms with Crippen molar-refractivity contribution in [3.63, 3.8) is 0 Å². The summed E-state index contributed by atoms with van der Waals surface area (Å²) < 4.78 is 0. The molecule has 0 saturated heterocycles. The van der Waals surface area contributed by atoms with E-state index in [1.165, 1.54) is 0 Å². The van der Waals surface area contributed by atoms with Crippen molar-refractivity contribution in [1.82, 2.24) is 0 Å². The molecule has 49 valence electrons. The van der Waals surface area contributed by atoms with Crippen LogP contribution in [0, 0.1) is 6.92 Å². The number of hydrogen-bond acceptors (Lipinski definition) is 2. The van der Waals surface area contributed by atoms with Crippen LogP contribution in [0.2, 0.25) is 0 Å². The second-order valence-corrected chi connectivity index (χ2v) is 2.01. The summed E-state index contributed by atoms with van der Waals surface area (Å²) in [7, 11) is 0. The van der Waals surface area contributed by atoms with E-state index in [2.05, 4.69) is 6.92 Å². The first-order valence-corrected chi connectivity index (χ1v) is 3.07. The first kappa shape index (κ1) is 7.92. The Morgan fingerprint density at radius 3 is 2.25 bits per heavy atom. The molecule has 0 aliphatic carbocycles. The van der Waals surface area contributed by atoms with Gasteiger partial charge in [0.2, 0.25) is 0 Å². The maximum Gasteiger partial charge on any atom is 0.0520 e. The van der Waals surface area contributed by atoms with Crippen LogP contribution in [0.5, 0.6) is 0 Å². The zero-order valence-corrected chi connectivity index (χ0v) is 5.27. The summed E-state index contributed by atoms with van der Waals surface area (Å²) in [4.78, 5) is 0. The molecule has 0 fully saturated rings. The molecule has 0 aliphatic rings. The second kappa shape index (κ2) is 5.06. The van der Waals surface area contributed by atoms with E-state index in [0.717, 1.165) is 25.7 Å². The van der Waals surface area contributed by atoms with Crippen molar-refractivity contribution in [3.8, 4) is 0 Å². The monoisotopic (exact) mass is 115 g/mol. The fourth-order valence-corrected chi connectivity index (χ4v) is 0.557. The molecule has 4 N–H and O–H groups in total. The molecule has 0 atom stereocenters. The Labute approximate surface area is 51.2 Å². The maximum absolute atomic E-state index is 5.29. The summed E-state index contributed by atoms with van der Waals surface area (Å²) in [6.45, 7) is 3.70. The van der Waals surface area contributed by atoms with Crippen molar-refractivity contribution < 1.29 is 0 Å². The molecule has 1 radical (unpaired) electrons. The molecule has 0 aliphatic heterocycles. The number of rotatable bonds is 4. The average molecular weight is 115 g/mol. The molecular weight excluding hydrogens is 100 g/mol. The smallest absolute Gasteiger partial charge is 0.0520 e. The standard InChI is InChI=1S/C6H15N2/c1-2-3-4-5-6(7)8/h6H,1-5,7-8H2. The van der Waals surface area contributed by atoms with Crippen molar-refractivity contribution in [2.45, 2.75) is 31.8 Å². The third-order valence-electron chi connectivity index (χ3n) is 1.04. The van der Waals surface area contributed by atoms with Gasteiger partial charge in [-0.1, -0.05) is 26.2 Å². The Morgan fingerprint density at radius 1 is 1.25 bits per heavy atom. The SMILES string of the molecule is [CH2]CCCCC(N)N. The Balaban J connectivity index is 2.72. The highest BCUT2D eigenvalue weighted by Crippen LogP contribution is 1.97. The third kappa shape index (κ3) is 5.92. The van der Waals surface area contributed by atoms with Crippen LogP contribution in [0.25, 0.3) is 0 Å². The van der Waals surface area contributed by atoms with E-state index in [4.69, 9.17) is 11.5 Å². The number of nitrogens with two attached hydrogens (primary N) is 2. The molecule has 0 unspecified atom stereocenters. The summed E-state index contributed by atoms with van der Waals surface area (Å²) >= 11 is 0. The van der Waals surface area contributed by atoms with Crippen molar-refractivity contribution in [3.05, 3.63) is 6.92 Å². The van der Waals surface area contributed by atoms with Gasteiger partial charge in [0.05, 0.1) is 6.17 Å². The van der Waals surface area contributed by atoms with Crippen LogP contribution in [0.3, 0.4) is 0 Å². The molecule has 0 bridgehead atoms. The first-order chi connectivity index (χ1) is 3.77. The second-order valence-electron chi connectivity index (χ2n) is 2.01. The highest BCUT2D eigenvalue weighted by Gasteiger charge is 1.90. The largest absolute Gasteiger partial charge is 0.316 e. The average Bonchev–Trinajstić information content (AvgIpc) is 1.66. The Bertz CT molecular complexity index is 43.8. The molecule has 0 aromatic heterocycles. The maximum atomic E-state index is 5.29. The minimum atomic E-state index is -0.124. The first-order valence-electron chi connectivity index (χ1n) is 3.07. The quantitative estimate of drug-likeness (QED) is 0.417. The lowest BCUT2D eigenvalue weighted by atomic mass is 10.2. The zero-order valence-electron chi connectivity index (χ0n) is 5.27. The summed E-state index contributed by atoms with van der Waals surface area (Å²) in [5, 5.41) is 0. The van der Waals surface area contributed by atoms with Crippen LogP contribution in [-0.4, -0.2) is 6.17 Å². The molecular formula is C6H15N2. The Kier molecular flexibility index (Phi) is 5.01. The molecule has 0 amide bonds. The lowest BCUT2D eigenvalue weighted by Gasteiger charge is -2.01. The van der Waals surface area contributed by atoms with Crippen LogP contribution < -0.4 is 11.5 Å². The molecule has 0 saturated carbocycles. The van der Waals surface area contributed by atoms with Gasteiger partial charge in [0.25, 0.3) is 0 Å². The van der Waals surface area contributed by atoms with Gasteiger partial charge in [-0.2, -0.15) is 0 Å². The van der Waals surface area contributed by atoms with Gasteiger partial charge in [-0.05, 0) is 6.42 Å². The van der Waals surface area contributed by atoms with Gasteiger partial charge in [0, 0.05) is 0 Å². The van der Waals surface area contributed by atoms with E-state index in [-0.39, 0.29) is 6.17 Å². The van der Waals surface area contributed by atoms with Crippen LogP contribution in [-0.2, 0) is 0 Å². The lowest BCUT2D eigenvalue weighted by molar-refractivity contribution is 0.582. The van der Waals surface area contributed by atoms with E-state index in [0.29, 0.717) is 0 Å². The van der Waals surface area contributed by atoms with Gasteiger partial charge >= 0.3 is 0 Å². The molecule has 0 heterocycles. The highest BCUT2D eigenvalue weighted by molar-refractivity contribution is 4.51. The van der Waals surface area contributed by atoms with Crippen LogP contribution >= 0.6 is 0 Å². The van der Waals surface area contributed by atoms with E-state index in [1.54, 1.807) is 0 Å². The van der Waals surface area contributed by atoms with E-state index in [1.807, 2.05) is 0 Å². The van der Waals surface area contributed by atoms with Crippen LogP contribution in [0.1, 0.15) is 25.7 Å². The van der Waals surface area contributed by atoms with Crippen LogP contribution in [0.4, 0.5) is 0 Å². The fraction of sp³-hybridized carbons (Fsp3) is 0.833. The molecule has 8 heavy (non-hydrogen) atoms. The molecule has 0 spiro atoms. The minimum Gasteiger partial charge on any atom is -0.316 e. The number of hydrogen-bond donors (Lipinski definition) is 2. The normalized spacial score (nSPS) is 10.5.